The van der Waals surface area contributed by atoms with Crippen LogP contribution in [-0.2, 0) is 11.3 Å². The summed E-state index contributed by atoms with van der Waals surface area (Å²) in [4.78, 5) is 27.7. The molecule has 0 saturated heterocycles. The van der Waals surface area contributed by atoms with Gasteiger partial charge >= 0.3 is 5.97 Å². The summed E-state index contributed by atoms with van der Waals surface area (Å²) in [5, 5.41) is 9.02. The number of esters is 1. The molecule has 7 heteroatoms. The lowest BCUT2D eigenvalue weighted by molar-refractivity contribution is 0.0523. The molecule has 0 fully saturated rings. The lowest BCUT2D eigenvalue weighted by Crippen LogP contribution is -2.28. The minimum absolute atomic E-state index is 0.0697. The van der Waals surface area contributed by atoms with E-state index in [0.29, 0.717) is 5.56 Å². The number of aromatic nitrogens is 2. The van der Waals surface area contributed by atoms with Crippen LogP contribution in [0.25, 0.3) is 0 Å². The Morgan fingerprint density at radius 1 is 1.50 bits per heavy atom. The van der Waals surface area contributed by atoms with E-state index in [1.54, 1.807) is 6.92 Å². The van der Waals surface area contributed by atoms with Gasteiger partial charge in [0.1, 0.15) is 11.4 Å². The zero-order valence-electron chi connectivity index (χ0n) is 11.7. The highest BCUT2D eigenvalue weighted by Gasteiger charge is 2.15. The molecule has 0 amide bonds. The van der Waals surface area contributed by atoms with Crippen LogP contribution in [-0.4, -0.2) is 22.1 Å². The van der Waals surface area contributed by atoms with E-state index in [0.717, 1.165) is 16.8 Å². The third-order valence-electron chi connectivity index (χ3n) is 2.92. The molecule has 0 radical (unpaired) electrons. The van der Waals surface area contributed by atoms with E-state index in [2.05, 4.69) is 4.98 Å². The summed E-state index contributed by atoms with van der Waals surface area (Å²) in [5.41, 5.74) is -0.247. The van der Waals surface area contributed by atoms with Crippen molar-refractivity contribution in [2.24, 2.45) is 0 Å². The topological polar surface area (TPSA) is 85.0 Å². The van der Waals surface area contributed by atoms with Crippen LogP contribution in [0.2, 0.25) is 0 Å². The van der Waals surface area contributed by atoms with Crippen molar-refractivity contribution in [2.75, 3.05) is 6.61 Å². The lowest BCUT2D eigenvalue weighted by atomic mass is 10.1. The van der Waals surface area contributed by atoms with Gasteiger partial charge in [-0.25, -0.2) is 14.2 Å². The van der Waals surface area contributed by atoms with E-state index in [1.807, 2.05) is 6.07 Å². The van der Waals surface area contributed by atoms with Gasteiger partial charge in [0.15, 0.2) is 0 Å². The molecule has 0 atom stereocenters. The van der Waals surface area contributed by atoms with Crippen LogP contribution in [0.15, 0.2) is 35.5 Å². The van der Waals surface area contributed by atoms with Gasteiger partial charge in [-0.05, 0) is 30.7 Å². The summed E-state index contributed by atoms with van der Waals surface area (Å²) in [6.07, 6.45) is 2.34. The molecular weight excluding hydrogens is 289 g/mol. The molecule has 0 aliphatic rings. The summed E-state index contributed by atoms with van der Waals surface area (Å²) in [5.74, 6) is -1.29. The van der Waals surface area contributed by atoms with Crippen molar-refractivity contribution in [2.45, 2.75) is 13.5 Å². The van der Waals surface area contributed by atoms with Gasteiger partial charge in [-0.3, -0.25) is 9.36 Å². The predicted octanol–water partition coefficient (Wildman–Crippen LogP) is 1.48. The van der Waals surface area contributed by atoms with Gasteiger partial charge in [0.25, 0.3) is 5.56 Å². The molecule has 0 unspecified atom stereocenters. The smallest absolute Gasteiger partial charge is 0.345 e. The van der Waals surface area contributed by atoms with Gasteiger partial charge in [-0.2, -0.15) is 5.26 Å². The van der Waals surface area contributed by atoms with E-state index < -0.39 is 17.3 Å². The van der Waals surface area contributed by atoms with E-state index >= 15 is 0 Å². The van der Waals surface area contributed by atoms with Gasteiger partial charge in [0, 0.05) is 6.20 Å². The third kappa shape index (κ3) is 3.17. The largest absolute Gasteiger partial charge is 0.462 e. The summed E-state index contributed by atoms with van der Waals surface area (Å²) >= 11 is 0. The molecule has 1 aromatic carbocycles. The summed E-state index contributed by atoms with van der Waals surface area (Å²) < 4.78 is 19.2. The van der Waals surface area contributed by atoms with Gasteiger partial charge < -0.3 is 4.74 Å². The second-order valence-corrected chi connectivity index (χ2v) is 4.37. The SMILES string of the molecule is CCOC(=O)c1cncn(Cc2cc(F)ccc2C#N)c1=O. The van der Waals surface area contributed by atoms with Crippen LogP contribution in [0, 0.1) is 17.1 Å². The van der Waals surface area contributed by atoms with Crippen LogP contribution < -0.4 is 5.56 Å². The molecule has 0 aliphatic carbocycles. The summed E-state index contributed by atoms with van der Waals surface area (Å²) in [7, 11) is 0. The molecule has 2 rings (SSSR count). The number of ether oxygens (including phenoxy) is 1. The Morgan fingerprint density at radius 3 is 2.95 bits per heavy atom. The Morgan fingerprint density at radius 2 is 2.27 bits per heavy atom. The summed E-state index contributed by atoms with van der Waals surface area (Å²) in [6.45, 7) is 1.69. The van der Waals surface area contributed by atoms with E-state index in [1.165, 1.54) is 18.5 Å². The summed E-state index contributed by atoms with van der Waals surface area (Å²) in [6, 6.07) is 5.59. The van der Waals surface area contributed by atoms with Crippen LogP contribution in [0.4, 0.5) is 4.39 Å². The van der Waals surface area contributed by atoms with Crippen LogP contribution in [0.1, 0.15) is 28.4 Å². The number of hydrogen-bond donors (Lipinski definition) is 0. The second kappa shape index (κ2) is 6.63. The van der Waals surface area contributed by atoms with E-state index in [9.17, 15) is 14.0 Å². The molecule has 6 nitrogen and oxygen atoms in total. The standard InChI is InChI=1S/C15H12FN3O3/c1-2-22-15(21)13-7-18-9-19(14(13)20)8-11-5-12(16)4-3-10(11)6-17/h3-5,7,9H,2,8H2,1H3. The van der Waals surface area contributed by atoms with Gasteiger partial charge in [0.2, 0.25) is 0 Å². The zero-order chi connectivity index (χ0) is 16.1. The molecule has 1 aromatic heterocycles. The third-order valence-corrected chi connectivity index (χ3v) is 2.92. The van der Waals surface area contributed by atoms with Crippen LogP contribution in [0.5, 0.6) is 0 Å². The number of hydrogen-bond acceptors (Lipinski definition) is 5. The van der Waals surface area contributed by atoms with Crippen molar-refractivity contribution in [1.82, 2.24) is 9.55 Å². The maximum absolute atomic E-state index is 13.3. The van der Waals surface area contributed by atoms with Crippen molar-refractivity contribution in [3.8, 4) is 6.07 Å². The number of nitriles is 1. The first-order chi connectivity index (χ1) is 10.6. The van der Waals surface area contributed by atoms with Crippen molar-refractivity contribution < 1.29 is 13.9 Å². The molecule has 0 aliphatic heterocycles. The first kappa shape index (κ1) is 15.4. The minimum atomic E-state index is -0.769. The first-order valence-electron chi connectivity index (χ1n) is 6.47. The Kier molecular flexibility index (Phi) is 4.63. The van der Waals surface area contributed by atoms with Crippen LogP contribution >= 0.6 is 0 Å². The Balaban J connectivity index is 2.42. The second-order valence-electron chi connectivity index (χ2n) is 4.37. The number of carbonyl (C=O) groups is 1. The van der Waals surface area contributed by atoms with E-state index in [4.69, 9.17) is 10.00 Å². The van der Waals surface area contributed by atoms with Gasteiger partial charge in [-0.15, -0.1) is 0 Å². The maximum atomic E-state index is 13.3. The number of rotatable bonds is 4. The van der Waals surface area contributed by atoms with Crippen LogP contribution in [0.3, 0.4) is 0 Å². The predicted molar refractivity (Wildman–Crippen MR) is 74.7 cm³/mol. The van der Waals surface area contributed by atoms with Crippen molar-refractivity contribution >= 4 is 5.97 Å². The monoisotopic (exact) mass is 301 g/mol. The number of benzene rings is 1. The van der Waals surface area contributed by atoms with Gasteiger partial charge in [-0.1, -0.05) is 0 Å². The molecular formula is C15H12FN3O3. The molecule has 1 heterocycles. The molecule has 0 bridgehead atoms. The molecule has 0 N–H and O–H groups in total. The van der Waals surface area contributed by atoms with Crippen molar-refractivity contribution in [1.29, 1.82) is 5.26 Å². The Bertz CT molecular complexity index is 808. The minimum Gasteiger partial charge on any atom is -0.462 e. The fourth-order valence-electron chi connectivity index (χ4n) is 1.90. The highest BCUT2D eigenvalue weighted by molar-refractivity contribution is 5.88. The highest BCUT2D eigenvalue weighted by atomic mass is 19.1. The van der Waals surface area contributed by atoms with Gasteiger partial charge in [0.05, 0.1) is 31.1 Å². The van der Waals surface area contributed by atoms with E-state index in [-0.39, 0.29) is 24.3 Å². The number of nitrogens with zero attached hydrogens (tertiary/aromatic N) is 3. The first-order valence-corrected chi connectivity index (χ1v) is 6.47. The fraction of sp³-hybridized carbons (Fsp3) is 0.200. The maximum Gasteiger partial charge on any atom is 0.345 e. The lowest BCUT2D eigenvalue weighted by Gasteiger charge is -2.08. The molecule has 22 heavy (non-hydrogen) atoms. The number of halogens is 1. The van der Waals surface area contributed by atoms with Crippen molar-refractivity contribution in [3.63, 3.8) is 0 Å². The van der Waals surface area contributed by atoms with Crippen molar-refractivity contribution in [3.05, 3.63) is 63.6 Å². The Hall–Kier alpha value is -3.01. The number of carbonyl (C=O) groups excluding carboxylic acids is 1. The fourth-order valence-corrected chi connectivity index (χ4v) is 1.90. The quantitative estimate of drug-likeness (QED) is 0.798. The molecule has 0 spiro atoms. The molecule has 112 valence electrons. The average Bonchev–Trinajstić information content (AvgIpc) is 2.50. The average molecular weight is 301 g/mol. The normalized spacial score (nSPS) is 10.0. The zero-order valence-corrected chi connectivity index (χ0v) is 11.7. The molecule has 2 aromatic rings. The molecule has 0 saturated carbocycles. The highest BCUT2D eigenvalue weighted by Crippen LogP contribution is 2.11. The Labute approximate surface area is 125 Å².